The molecule has 0 unspecified atom stereocenters. The van der Waals surface area contributed by atoms with Crippen molar-refractivity contribution in [2.45, 2.75) is 32.1 Å². The van der Waals surface area contributed by atoms with E-state index in [9.17, 15) is 0 Å². The van der Waals surface area contributed by atoms with Gasteiger partial charge in [0.05, 0.1) is 0 Å². The van der Waals surface area contributed by atoms with E-state index in [2.05, 4.69) is 73.9 Å². The molecule has 0 saturated heterocycles. The Kier molecular flexibility index (Phi) is 9.47. The van der Waals surface area contributed by atoms with Crippen molar-refractivity contribution >= 4 is 0 Å². The van der Waals surface area contributed by atoms with Gasteiger partial charge in [-0.1, -0.05) is 78.5 Å². The summed E-state index contributed by atoms with van der Waals surface area (Å²) in [6, 6.07) is 0. The van der Waals surface area contributed by atoms with Gasteiger partial charge in [0.2, 0.25) is 0 Å². The predicted octanol–water partition coefficient (Wildman–Crippen LogP) is 6.40. The largest absolute Gasteiger partial charge is 0.103 e. The lowest BCUT2D eigenvalue weighted by molar-refractivity contribution is 1.14. The van der Waals surface area contributed by atoms with Gasteiger partial charge in [0.25, 0.3) is 0 Å². The normalized spacial score (nSPS) is 16.6. The number of rotatable bonds is 4. The van der Waals surface area contributed by atoms with Crippen LogP contribution in [-0.2, 0) is 0 Å². The predicted molar refractivity (Wildman–Crippen MR) is 96.2 cm³/mol. The van der Waals surface area contributed by atoms with Crippen molar-refractivity contribution < 1.29 is 0 Å². The molecule has 0 aromatic rings. The molecule has 21 heavy (non-hydrogen) atoms. The first-order chi connectivity index (χ1) is 10.4. The molecule has 0 heterocycles. The van der Waals surface area contributed by atoms with E-state index in [0.29, 0.717) is 0 Å². The average molecular weight is 278 g/mol. The highest BCUT2D eigenvalue weighted by atomic mass is 14.0. The molecule has 0 amide bonds. The minimum Gasteiger partial charge on any atom is -0.103 e. The quantitative estimate of drug-likeness (QED) is 0.522. The molecule has 0 radical (unpaired) electrons. The van der Waals surface area contributed by atoms with Crippen molar-refractivity contribution in [2.24, 2.45) is 0 Å². The molecule has 0 atom stereocenters. The highest BCUT2D eigenvalue weighted by Gasteiger charge is 1.93. The van der Waals surface area contributed by atoms with Crippen LogP contribution in [0.15, 0.2) is 97.2 Å². The second kappa shape index (κ2) is 11.7. The molecule has 0 aliphatic heterocycles. The van der Waals surface area contributed by atoms with Crippen LogP contribution in [0, 0.1) is 0 Å². The molecular formula is C21H26. The molecule has 0 N–H and O–H groups in total. The molecule has 110 valence electrons. The van der Waals surface area contributed by atoms with Crippen LogP contribution in [0.4, 0.5) is 0 Å². The Labute approximate surface area is 130 Å². The second-order valence-corrected chi connectivity index (χ2v) is 4.95. The molecule has 0 bridgehead atoms. The van der Waals surface area contributed by atoms with Crippen LogP contribution in [0.1, 0.15) is 32.1 Å². The van der Waals surface area contributed by atoms with Crippen LogP contribution in [-0.4, -0.2) is 0 Å². The Morgan fingerprint density at radius 2 is 1.62 bits per heavy atom. The molecule has 3 aliphatic rings. The molecule has 0 nitrogen and oxygen atoms in total. The summed E-state index contributed by atoms with van der Waals surface area (Å²) in [4.78, 5) is 0. The van der Waals surface area contributed by atoms with Crippen molar-refractivity contribution in [3.63, 3.8) is 0 Å². The fourth-order valence-corrected chi connectivity index (χ4v) is 2.05. The summed E-state index contributed by atoms with van der Waals surface area (Å²) < 4.78 is 0. The van der Waals surface area contributed by atoms with Crippen LogP contribution >= 0.6 is 0 Å². The van der Waals surface area contributed by atoms with Gasteiger partial charge in [0, 0.05) is 0 Å². The second-order valence-electron chi connectivity index (χ2n) is 4.95. The average Bonchev–Trinajstić information content (AvgIpc) is 3.26. The van der Waals surface area contributed by atoms with Crippen molar-refractivity contribution in [1.82, 2.24) is 0 Å². The van der Waals surface area contributed by atoms with E-state index in [-0.39, 0.29) is 0 Å². The fraction of sp³-hybridized carbons (Fsp3) is 0.238. The first kappa shape index (κ1) is 17.0. The summed E-state index contributed by atoms with van der Waals surface area (Å²) >= 11 is 0. The Hall–Kier alpha value is -2.08. The minimum absolute atomic E-state index is 1.02. The van der Waals surface area contributed by atoms with E-state index >= 15 is 0 Å². The Morgan fingerprint density at radius 3 is 2.05 bits per heavy atom. The zero-order valence-corrected chi connectivity index (χ0v) is 12.9. The van der Waals surface area contributed by atoms with Crippen LogP contribution in [0.2, 0.25) is 0 Å². The maximum absolute atomic E-state index is 3.66. The SMILES string of the molecule is C1=CCC=C1.C=CCC1=CC=CC1.C=CCC1=CCC=C1. The van der Waals surface area contributed by atoms with Crippen LogP contribution in [0.3, 0.4) is 0 Å². The summed E-state index contributed by atoms with van der Waals surface area (Å²) in [7, 11) is 0. The monoisotopic (exact) mass is 278 g/mol. The van der Waals surface area contributed by atoms with Gasteiger partial charge in [0.1, 0.15) is 0 Å². The van der Waals surface area contributed by atoms with Gasteiger partial charge in [-0.3, -0.25) is 0 Å². The smallest absolute Gasteiger partial charge is 0.0103 e. The zero-order chi connectivity index (χ0) is 15.2. The van der Waals surface area contributed by atoms with E-state index in [0.717, 1.165) is 32.1 Å². The minimum atomic E-state index is 1.02. The summed E-state index contributed by atoms with van der Waals surface area (Å²) in [5, 5.41) is 0. The topological polar surface area (TPSA) is 0 Å². The number of hydrogen-bond donors (Lipinski definition) is 0. The molecule has 0 fully saturated rings. The maximum atomic E-state index is 3.66. The zero-order valence-electron chi connectivity index (χ0n) is 12.9. The van der Waals surface area contributed by atoms with Gasteiger partial charge in [-0.05, 0) is 37.7 Å². The highest BCUT2D eigenvalue weighted by molar-refractivity contribution is 5.27. The molecular weight excluding hydrogens is 252 g/mol. The Morgan fingerprint density at radius 1 is 0.857 bits per heavy atom. The number of allylic oxidation sites excluding steroid dienone is 14. The van der Waals surface area contributed by atoms with Crippen LogP contribution in [0.5, 0.6) is 0 Å². The first-order valence-corrected chi connectivity index (χ1v) is 7.60. The molecule has 3 aliphatic carbocycles. The third kappa shape index (κ3) is 8.65. The van der Waals surface area contributed by atoms with Crippen LogP contribution in [0.25, 0.3) is 0 Å². The van der Waals surface area contributed by atoms with Gasteiger partial charge in [-0.2, -0.15) is 0 Å². The van der Waals surface area contributed by atoms with E-state index in [1.54, 1.807) is 0 Å². The van der Waals surface area contributed by atoms with Gasteiger partial charge in [-0.15, -0.1) is 13.2 Å². The van der Waals surface area contributed by atoms with Crippen molar-refractivity contribution in [2.75, 3.05) is 0 Å². The van der Waals surface area contributed by atoms with Crippen LogP contribution < -0.4 is 0 Å². The maximum Gasteiger partial charge on any atom is -0.0103 e. The van der Waals surface area contributed by atoms with Gasteiger partial charge < -0.3 is 0 Å². The summed E-state index contributed by atoms with van der Waals surface area (Å²) in [5.41, 5.74) is 2.88. The third-order valence-corrected chi connectivity index (χ3v) is 3.14. The molecule has 0 spiro atoms. The lowest BCUT2D eigenvalue weighted by atomic mass is 10.2. The number of hydrogen-bond acceptors (Lipinski definition) is 0. The fourth-order valence-electron chi connectivity index (χ4n) is 2.05. The standard InChI is InChI=1S/2C8H10.C5H6/c2*1-2-5-8-6-3-4-7-8;1-2-4-5-3-1/h2-3,6-7H,1,4-5H2;2-4,6H,1,5,7H2;1-4H,5H2. The molecule has 0 aromatic carbocycles. The lowest BCUT2D eigenvalue weighted by Crippen LogP contribution is -1.70. The van der Waals surface area contributed by atoms with Crippen molar-refractivity contribution in [3.8, 4) is 0 Å². The third-order valence-electron chi connectivity index (χ3n) is 3.14. The first-order valence-electron chi connectivity index (χ1n) is 7.60. The summed E-state index contributed by atoms with van der Waals surface area (Å²) in [5.74, 6) is 0. The summed E-state index contributed by atoms with van der Waals surface area (Å²) in [6.45, 7) is 7.30. The van der Waals surface area contributed by atoms with Gasteiger partial charge in [0.15, 0.2) is 0 Å². The molecule has 0 heteroatoms. The van der Waals surface area contributed by atoms with Crippen molar-refractivity contribution in [1.29, 1.82) is 0 Å². The van der Waals surface area contributed by atoms with E-state index in [1.165, 1.54) is 11.1 Å². The Bertz CT molecular complexity index is 480. The lowest BCUT2D eigenvalue weighted by Gasteiger charge is -1.90. The molecule has 3 rings (SSSR count). The van der Waals surface area contributed by atoms with E-state index < -0.39 is 0 Å². The Balaban J connectivity index is 0.000000162. The van der Waals surface area contributed by atoms with Crippen molar-refractivity contribution in [3.05, 3.63) is 97.2 Å². The summed E-state index contributed by atoms with van der Waals surface area (Å²) in [6.07, 6.45) is 30.7. The molecule has 0 saturated carbocycles. The van der Waals surface area contributed by atoms with Gasteiger partial charge >= 0.3 is 0 Å². The van der Waals surface area contributed by atoms with E-state index in [4.69, 9.17) is 0 Å². The van der Waals surface area contributed by atoms with E-state index in [1.807, 2.05) is 12.2 Å². The highest BCUT2D eigenvalue weighted by Crippen LogP contribution is 2.13. The molecule has 0 aromatic heterocycles. The van der Waals surface area contributed by atoms with Gasteiger partial charge in [-0.25, -0.2) is 0 Å².